The number of nitrogens with one attached hydrogen (secondary N) is 1. The molecule has 0 saturated carbocycles. The van der Waals surface area contributed by atoms with Gasteiger partial charge in [-0.05, 0) is 42.5 Å². The molecule has 0 aromatic heterocycles. The molecular formula is C13H9F4NO5S2. The van der Waals surface area contributed by atoms with Gasteiger partial charge in [0.25, 0.3) is 0 Å². The molecule has 0 radical (unpaired) electrons. The van der Waals surface area contributed by atoms with Crippen LogP contribution in [0.2, 0.25) is 0 Å². The fourth-order valence-corrected chi connectivity index (χ4v) is 3.67. The Morgan fingerprint density at radius 2 is 1.48 bits per heavy atom. The minimum atomic E-state index is -5.77. The zero-order chi connectivity index (χ0) is 19.0. The third kappa shape index (κ3) is 3.85. The van der Waals surface area contributed by atoms with Gasteiger partial charge in [0.2, 0.25) is 9.84 Å². The summed E-state index contributed by atoms with van der Waals surface area (Å²) in [6.07, 6.45) is 0. The van der Waals surface area contributed by atoms with Gasteiger partial charge in [0.05, 0.1) is 10.6 Å². The van der Waals surface area contributed by atoms with E-state index in [9.17, 15) is 39.5 Å². The zero-order valence-electron chi connectivity index (χ0n) is 12.0. The second kappa shape index (κ2) is 6.19. The molecule has 6 nitrogen and oxygen atoms in total. The van der Waals surface area contributed by atoms with Crippen molar-refractivity contribution in [2.45, 2.75) is 15.3 Å². The van der Waals surface area contributed by atoms with Crippen LogP contribution in [0.1, 0.15) is 0 Å². The number of alkyl halides is 3. The minimum Gasteiger partial charge on any atom is -0.507 e. The largest absolute Gasteiger partial charge is 0.516 e. The Balaban J connectivity index is 2.51. The molecule has 0 aliphatic rings. The van der Waals surface area contributed by atoms with Crippen molar-refractivity contribution in [3.8, 4) is 5.75 Å². The van der Waals surface area contributed by atoms with Gasteiger partial charge in [-0.25, -0.2) is 12.8 Å². The SMILES string of the molecule is O=S(=O)(c1ccc(F)cc1)c1cc(NS(=O)(=O)C(F)(F)F)ccc1O. The van der Waals surface area contributed by atoms with E-state index in [1.807, 2.05) is 0 Å². The van der Waals surface area contributed by atoms with Crippen LogP contribution in [0.3, 0.4) is 0 Å². The van der Waals surface area contributed by atoms with Crippen LogP contribution in [0.5, 0.6) is 5.75 Å². The number of rotatable bonds is 4. The lowest BCUT2D eigenvalue weighted by molar-refractivity contribution is -0.0429. The average Bonchev–Trinajstić information content (AvgIpc) is 2.48. The minimum absolute atomic E-state index is 0.444. The van der Waals surface area contributed by atoms with Crippen molar-refractivity contribution in [2.75, 3.05) is 4.72 Å². The topological polar surface area (TPSA) is 101 Å². The van der Waals surface area contributed by atoms with Crippen molar-refractivity contribution in [1.29, 1.82) is 0 Å². The first-order valence-electron chi connectivity index (χ1n) is 6.27. The molecule has 12 heteroatoms. The molecular weight excluding hydrogens is 390 g/mol. The van der Waals surface area contributed by atoms with Crippen molar-refractivity contribution in [3.05, 3.63) is 48.3 Å². The highest BCUT2D eigenvalue weighted by Gasteiger charge is 2.46. The van der Waals surface area contributed by atoms with Crippen molar-refractivity contribution < 1.29 is 39.5 Å². The Morgan fingerprint density at radius 1 is 0.920 bits per heavy atom. The molecule has 0 atom stereocenters. The summed E-state index contributed by atoms with van der Waals surface area (Å²) in [6, 6.07) is 5.43. The number of hydrogen-bond acceptors (Lipinski definition) is 5. The Morgan fingerprint density at radius 3 is 2.00 bits per heavy atom. The van der Waals surface area contributed by atoms with Gasteiger partial charge in [-0.1, -0.05) is 0 Å². The smallest absolute Gasteiger partial charge is 0.507 e. The van der Waals surface area contributed by atoms with Crippen LogP contribution >= 0.6 is 0 Å². The summed E-state index contributed by atoms with van der Waals surface area (Å²) in [5, 5.41) is 9.69. The van der Waals surface area contributed by atoms with E-state index in [0.29, 0.717) is 12.1 Å². The van der Waals surface area contributed by atoms with Crippen LogP contribution in [0.25, 0.3) is 0 Å². The normalized spacial score (nSPS) is 12.8. The van der Waals surface area contributed by atoms with E-state index in [-0.39, 0.29) is 0 Å². The van der Waals surface area contributed by atoms with Crippen molar-refractivity contribution >= 4 is 25.5 Å². The van der Waals surface area contributed by atoms with Gasteiger partial charge in [0.15, 0.2) is 0 Å². The summed E-state index contributed by atoms with van der Waals surface area (Å²) < 4.78 is 98.2. The van der Waals surface area contributed by atoms with Crippen LogP contribution < -0.4 is 4.72 Å². The molecule has 136 valence electrons. The van der Waals surface area contributed by atoms with Crippen LogP contribution in [-0.4, -0.2) is 27.5 Å². The Kier molecular flexibility index (Phi) is 4.70. The number of halogens is 4. The molecule has 0 amide bonds. The highest BCUT2D eigenvalue weighted by Crippen LogP contribution is 2.33. The van der Waals surface area contributed by atoms with E-state index >= 15 is 0 Å². The molecule has 2 aromatic rings. The molecule has 0 fully saturated rings. The maximum atomic E-state index is 12.9. The van der Waals surface area contributed by atoms with Crippen molar-refractivity contribution in [1.82, 2.24) is 0 Å². The lowest BCUT2D eigenvalue weighted by Crippen LogP contribution is -2.29. The van der Waals surface area contributed by atoms with E-state index in [2.05, 4.69) is 0 Å². The fraction of sp³-hybridized carbons (Fsp3) is 0.0769. The summed E-state index contributed by atoms with van der Waals surface area (Å²) in [6.45, 7) is 0. The van der Waals surface area contributed by atoms with E-state index in [1.54, 1.807) is 0 Å². The first kappa shape index (κ1) is 19.0. The van der Waals surface area contributed by atoms with Crippen molar-refractivity contribution in [3.63, 3.8) is 0 Å². The number of sulfone groups is 1. The Hall–Kier alpha value is -2.34. The van der Waals surface area contributed by atoms with Crippen molar-refractivity contribution in [2.24, 2.45) is 0 Å². The average molecular weight is 399 g/mol. The predicted octanol–water partition coefficient (Wildman–Crippen LogP) is 2.63. The highest BCUT2D eigenvalue weighted by atomic mass is 32.2. The van der Waals surface area contributed by atoms with E-state index in [1.165, 1.54) is 4.72 Å². The Bertz CT molecular complexity index is 1000. The maximum absolute atomic E-state index is 12.9. The standard InChI is InChI=1S/C13H9F4NO5S2/c14-8-1-4-10(5-2-8)24(20,21)12-7-9(3-6-11(12)19)18-25(22,23)13(15,16)17/h1-7,18-19H. The maximum Gasteiger partial charge on any atom is 0.516 e. The van der Waals surface area contributed by atoms with Crippen LogP contribution in [-0.2, 0) is 19.9 Å². The third-order valence-corrected chi connectivity index (χ3v) is 5.84. The third-order valence-electron chi connectivity index (χ3n) is 2.93. The molecule has 0 unspecified atom stereocenters. The second-order valence-corrected chi connectivity index (χ2v) is 8.28. The molecule has 25 heavy (non-hydrogen) atoms. The van der Waals surface area contributed by atoms with E-state index in [0.717, 1.165) is 30.3 Å². The lowest BCUT2D eigenvalue weighted by atomic mass is 10.3. The summed E-state index contributed by atoms with van der Waals surface area (Å²) in [5.74, 6) is -1.55. The second-order valence-electron chi connectivity index (χ2n) is 4.69. The summed E-state index contributed by atoms with van der Waals surface area (Å²) in [4.78, 5) is -1.29. The first-order chi connectivity index (χ1) is 11.3. The number of anilines is 1. The van der Waals surface area contributed by atoms with Crippen LogP contribution in [0.4, 0.5) is 23.2 Å². The molecule has 2 rings (SSSR count). The molecule has 2 aromatic carbocycles. The van der Waals surface area contributed by atoms with E-state index < -0.39 is 52.4 Å². The van der Waals surface area contributed by atoms with Gasteiger partial charge in [-0.15, -0.1) is 0 Å². The molecule has 0 aliphatic heterocycles. The van der Waals surface area contributed by atoms with Gasteiger partial charge in [0, 0.05) is 0 Å². The number of aromatic hydroxyl groups is 1. The molecule has 0 heterocycles. The van der Waals surface area contributed by atoms with Crippen LogP contribution in [0, 0.1) is 5.82 Å². The molecule has 2 N–H and O–H groups in total. The summed E-state index contributed by atoms with van der Waals surface area (Å²) in [7, 11) is -10.2. The van der Waals surface area contributed by atoms with Gasteiger partial charge in [-0.2, -0.15) is 21.6 Å². The number of phenols is 1. The predicted molar refractivity (Wildman–Crippen MR) is 78.6 cm³/mol. The molecule has 0 saturated heterocycles. The number of sulfonamides is 1. The molecule has 0 bridgehead atoms. The first-order valence-corrected chi connectivity index (χ1v) is 9.24. The van der Waals surface area contributed by atoms with Gasteiger partial charge in [-0.3, -0.25) is 4.72 Å². The fourth-order valence-electron chi connectivity index (χ4n) is 1.75. The Labute approximate surface area is 139 Å². The molecule has 0 aliphatic carbocycles. The number of benzene rings is 2. The zero-order valence-corrected chi connectivity index (χ0v) is 13.6. The number of phenolic OH excluding ortho intramolecular Hbond substituents is 1. The quantitative estimate of drug-likeness (QED) is 0.468. The van der Waals surface area contributed by atoms with Gasteiger partial charge in [0.1, 0.15) is 16.5 Å². The highest BCUT2D eigenvalue weighted by molar-refractivity contribution is 7.93. The summed E-state index contributed by atoms with van der Waals surface area (Å²) in [5.41, 5.74) is -6.34. The van der Waals surface area contributed by atoms with Gasteiger partial charge >= 0.3 is 15.5 Å². The monoisotopic (exact) mass is 399 g/mol. The molecule has 0 spiro atoms. The van der Waals surface area contributed by atoms with E-state index in [4.69, 9.17) is 0 Å². The van der Waals surface area contributed by atoms with Crippen LogP contribution in [0.15, 0.2) is 52.3 Å². The lowest BCUT2D eigenvalue weighted by Gasteiger charge is -2.13. The summed E-state index contributed by atoms with van der Waals surface area (Å²) >= 11 is 0. The van der Waals surface area contributed by atoms with Gasteiger partial charge < -0.3 is 5.11 Å². The number of hydrogen-bond donors (Lipinski definition) is 2.